The molecule has 1 heterocycles. The van der Waals surface area contributed by atoms with E-state index in [0.717, 1.165) is 5.56 Å². The van der Waals surface area contributed by atoms with Gasteiger partial charge in [-0.2, -0.15) is 0 Å². The number of anilines is 1. The molecule has 0 saturated carbocycles. The summed E-state index contributed by atoms with van der Waals surface area (Å²) in [6.07, 6.45) is 2.17. The Kier molecular flexibility index (Phi) is 8.80. The van der Waals surface area contributed by atoms with Crippen LogP contribution in [0.3, 0.4) is 0 Å². The summed E-state index contributed by atoms with van der Waals surface area (Å²) in [7, 11) is 1.57. The van der Waals surface area contributed by atoms with Crippen molar-refractivity contribution in [2.75, 3.05) is 24.7 Å². The van der Waals surface area contributed by atoms with E-state index in [9.17, 15) is 14.0 Å². The Labute approximate surface area is 201 Å². The lowest BCUT2D eigenvalue weighted by Crippen LogP contribution is -2.26. The van der Waals surface area contributed by atoms with Gasteiger partial charge in [-0.3, -0.25) is 9.59 Å². The van der Waals surface area contributed by atoms with E-state index in [4.69, 9.17) is 4.74 Å². The number of methoxy groups -OCH3 is 1. The fourth-order valence-corrected chi connectivity index (χ4v) is 3.87. The molecule has 3 rings (SSSR count). The van der Waals surface area contributed by atoms with Crippen molar-refractivity contribution in [2.45, 2.75) is 25.0 Å². The monoisotopic (exact) mass is 483 g/mol. The zero-order valence-corrected chi connectivity index (χ0v) is 19.8. The molecule has 0 atom stereocenters. The van der Waals surface area contributed by atoms with Crippen molar-refractivity contribution in [2.24, 2.45) is 0 Å². The molecular formula is C24H26FN5O3S. The Bertz CT molecular complexity index is 1160. The maximum absolute atomic E-state index is 13.4. The largest absolute Gasteiger partial charge is 0.497 e. The van der Waals surface area contributed by atoms with Crippen molar-refractivity contribution in [3.63, 3.8) is 0 Å². The van der Waals surface area contributed by atoms with E-state index in [0.29, 0.717) is 47.5 Å². The smallest absolute Gasteiger partial charge is 0.251 e. The summed E-state index contributed by atoms with van der Waals surface area (Å²) in [5.74, 6) is 0.538. The highest BCUT2D eigenvalue weighted by molar-refractivity contribution is 7.99. The highest BCUT2D eigenvalue weighted by atomic mass is 32.2. The third-order valence-electron chi connectivity index (χ3n) is 4.90. The van der Waals surface area contributed by atoms with Gasteiger partial charge in [0, 0.05) is 30.8 Å². The predicted octanol–water partition coefficient (Wildman–Crippen LogP) is 3.62. The number of amides is 2. The van der Waals surface area contributed by atoms with E-state index >= 15 is 0 Å². The number of aryl methyl sites for hydroxylation is 1. The number of ether oxygens (including phenoxy) is 1. The summed E-state index contributed by atoms with van der Waals surface area (Å²) in [6.45, 7) is 6.39. The highest BCUT2D eigenvalue weighted by Crippen LogP contribution is 2.20. The van der Waals surface area contributed by atoms with Crippen LogP contribution in [-0.4, -0.2) is 46.0 Å². The first-order chi connectivity index (χ1) is 16.4. The summed E-state index contributed by atoms with van der Waals surface area (Å²) in [5, 5.41) is 14.5. The first-order valence-corrected chi connectivity index (χ1v) is 11.5. The van der Waals surface area contributed by atoms with Gasteiger partial charge in [-0.1, -0.05) is 23.9 Å². The third-order valence-corrected chi connectivity index (χ3v) is 5.86. The molecule has 2 N–H and O–H groups in total. The van der Waals surface area contributed by atoms with E-state index in [2.05, 4.69) is 27.4 Å². The molecule has 0 bridgehead atoms. The minimum atomic E-state index is -0.414. The molecule has 0 fully saturated rings. The van der Waals surface area contributed by atoms with Crippen LogP contribution in [0.25, 0.3) is 0 Å². The van der Waals surface area contributed by atoms with Gasteiger partial charge < -0.3 is 19.9 Å². The number of aromatic nitrogens is 3. The summed E-state index contributed by atoms with van der Waals surface area (Å²) in [4.78, 5) is 24.7. The summed E-state index contributed by atoms with van der Waals surface area (Å²) >= 11 is 1.22. The lowest BCUT2D eigenvalue weighted by atomic mass is 10.2. The van der Waals surface area contributed by atoms with E-state index in [1.54, 1.807) is 50.4 Å². The molecule has 0 aliphatic heterocycles. The molecule has 0 saturated heterocycles. The Morgan fingerprint density at radius 1 is 1.21 bits per heavy atom. The van der Waals surface area contributed by atoms with E-state index < -0.39 is 5.82 Å². The summed E-state index contributed by atoms with van der Waals surface area (Å²) in [5.41, 5.74) is 1.74. The standard InChI is InChI=1S/C24H26FN5O3S/c1-4-13-30-21(11-12-26-23(32)17-6-9-19(33-3)10-7-17)28-29-24(30)34-15-22(31)27-20-14-18(25)8-5-16(20)2/h4-10,14H,1,11-13,15H2,2-3H3,(H,26,32)(H,27,31). The number of halogens is 1. The molecule has 8 nitrogen and oxygen atoms in total. The van der Waals surface area contributed by atoms with Crippen LogP contribution in [0.4, 0.5) is 10.1 Å². The number of carbonyl (C=O) groups is 2. The van der Waals surface area contributed by atoms with Crippen LogP contribution >= 0.6 is 11.8 Å². The van der Waals surface area contributed by atoms with Crippen LogP contribution in [0.15, 0.2) is 60.3 Å². The molecule has 2 amide bonds. The Balaban J connectivity index is 1.55. The predicted molar refractivity (Wildman–Crippen MR) is 130 cm³/mol. The van der Waals surface area contributed by atoms with E-state index in [-0.39, 0.29) is 17.6 Å². The Morgan fingerprint density at radius 2 is 1.97 bits per heavy atom. The molecular weight excluding hydrogens is 457 g/mol. The van der Waals surface area contributed by atoms with Crippen molar-refractivity contribution >= 4 is 29.3 Å². The van der Waals surface area contributed by atoms with Crippen LogP contribution < -0.4 is 15.4 Å². The molecule has 178 valence electrons. The molecule has 1 aromatic heterocycles. The Hall–Kier alpha value is -3.66. The maximum atomic E-state index is 13.4. The van der Waals surface area contributed by atoms with Gasteiger partial charge in [0.15, 0.2) is 5.16 Å². The van der Waals surface area contributed by atoms with Crippen LogP contribution in [0.5, 0.6) is 5.75 Å². The number of benzene rings is 2. The van der Waals surface area contributed by atoms with Crippen molar-refractivity contribution in [3.8, 4) is 5.75 Å². The van der Waals surface area contributed by atoms with Gasteiger partial charge in [-0.05, 0) is 48.9 Å². The average molecular weight is 484 g/mol. The molecule has 0 spiro atoms. The van der Waals surface area contributed by atoms with Crippen molar-refractivity contribution < 1.29 is 18.7 Å². The van der Waals surface area contributed by atoms with Gasteiger partial charge in [0.1, 0.15) is 17.4 Å². The van der Waals surface area contributed by atoms with Crippen LogP contribution in [-0.2, 0) is 17.8 Å². The fourth-order valence-electron chi connectivity index (χ4n) is 3.10. The van der Waals surface area contributed by atoms with Crippen molar-refractivity contribution in [1.82, 2.24) is 20.1 Å². The number of hydrogen-bond donors (Lipinski definition) is 2. The quantitative estimate of drug-likeness (QED) is 0.319. The molecule has 0 unspecified atom stereocenters. The van der Waals surface area contributed by atoms with Gasteiger partial charge in [-0.25, -0.2) is 4.39 Å². The van der Waals surface area contributed by atoms with E-state index in [1.165, 1.54) is 23.9 Å². The highest BCUT2D eigenvalue weighted by Gasteiger charge is 2.15. The molecule has 10 heteroatoms. The number of thioether (sulfide) groups is 1. The Morgan fingerprint density at radius 3 is 2.68 bits per heavy atom. The molecule has 0 radical (unpaired) electrons. The first-order valence-electron chi connectivity index (χ1n) is 10.5. The minimum Gasteiger partial charge on any atom is -0.497 e. The molecule has 3 aromatic rings. The lowest BCUT2D eigenvalue weighted by molar-refractivity contribution is -0.113. The molecule has 0 aliphatic carbocycles. The second-order valence-corrected chi connectivity index (χ2v) is 8.27. The number of allylic oxidation sites excluding steroid dienone is 1. The normalized spacial score (nSPS) is 10.6. The average Bonchev–Trinajstić information content (AvgIpc) is 3.21. The number of carbonyl (C=O) groups excluding carboxylic acids is 2. The zero-order chi connectivity index (χ0) is 24.5. The van der Waals surface area contributed by atoms with Crippen LogP contribution in [0.2, 0.25) is 0 Å². The second kappa shape index (κ2) is 12.0. The van der Waals surface area contributed by atoms with Crippen LogP contribution in [0, 0.1) is 12.7 Å². The minimum absolute atomic E-state index is 0.0828. The number of rotatable bonds is 11. The van der Waals surface area contributed by atoms with E-state index in [1.807, 2.05) is 4.57 Å². The number of hydrogen-bond acceptors (Lipinski definition) is 6. The van der Waals surface area contributed by atoms with Crippen LogP contribution in [0.1, 0.15) is 21.7 Å². The number of nitrogens with zero attached hydrogens (tertiary/aromatic N) is 3. The lowest BCUT2D eigenvalue weighted by Gasteiger charge is -2.10. The molecule has 0 aliphatic rings. The summed E-state index contributed by atoms with van der Waals surface area (Å²) < 4.78 is 20.4. The number of nitrogens with one attached hydrogen (secondary N) is 2. The molecule has 2 aromatic carbocycles. The van der Waals surface area contributed by atoms with Gasteiger partial charge in [0.2, 0.25) is 5.91 Å². The summed E-state index contributed by atoms with van der Waals surface area (Å²) in [6, 6.07) is 11.1. The fraction of sp³-hybridized carbons (Fsp3) is 0.250. The van der Waals surface area contributed by atoms with Crippen molar-refractivity contribution in [1.29, 1.82) is 0 Å². The van der Waals surface area contributed by atoms with Gasteiger partial charge >= 0.3 is 0 Å². The third kappa shape index (κ3) is 6.67. The van der Waals surface area contributed by atoms with Gasteiger partial charge in [-0.15, -0.1) is 16.8 Å². The SMILES string of the molecule is C=CCn1c(CCNC(=O)c2ccc(OC)cc2)nnc1SCC(=O)Nc1cc(F)ccc1C. The topological polar surface area (TPSA) is 98.1 Å². The second-order valence-electron chi connectivity index (χ2n) is 7.33. The molecule has 34 heavy (non-hydrogen) atoms. The first kappa shape index (κ1) is 25.0. The maximum Gasteiger partial charge on any atom is 0.251 e. The zero-order valence-electron chi connectivity index (χ0n) is 19.0. The van der Waals surface area contributed by atoms with Crippen molar-refractivity contribution in [3.05, 3.63) is 77.9 Å². The van der Waals surface area contributed by atoms with Gasteiger partial charge in [0.05, 0.1) is 12.9 Å². The van der Waals surface area contributed by atoms with Gasteiger partial charge in [0.25, 0.3) is 5.91 Å².